The predicted molar refractivity (Wildman–Crippen MR) is 73.8 cm³/mol. The summed E-state index contributed by atoms with van der Waals surface area (Å²) in [5.74, 6) is 0.386. The summed E-state index contributed by atoms with van der Waals surface area (Å²) in [4.78, 5) is 5.39. The van der Waals surface area contributed by atoms with Gasteiger partial charge in [0.1, 0.15) is 0 Å². The van der Waals surface area contributed by atoms with Crippen molar-refractivity contribution >= 4 is 11.5 Å². The van der Waals surface area contributed by atoms with Crippen molar-refractivity contribution in [3.63, 3.8) is 0 Å². The Hall–Kier alpha value is -1.33. The molecule has 96 valence electrons. The Balaban J connectivity index is 2.39. The lowest BCUT2D eigenvalue weighted by atomic mass is 10.0. The summed E-state index contributed by atoms with van der Waals surface area (Å²) in [5.41, 5.74) is 2.24. The first-order valence-electron chi connectivity index (χ1n) is 6.19. The van der Waals surface area contributed by atoms with Gasteiger partial charge in [-0.2, -0.15) is 0 Å². The van der Waals surface area contributed by atoms with Gasteiger partial charge >= 0.3 is 0 Å². The Morgan fingerprint density at radius 1 is 1.39 bits per heavy atom. The van der Waals surface area contributed by atoms with Crippen LogP contribution in [0.25, 0.3) is 0 Å². The predicted octanol–water partition coefficient (Wildman–Crippen LogP) is 2.76. The zero-order chi connectivity index (χ0) is 13.0. The highest BCUT2D eigenvalue weighted by atomic mass is 32.1. The molecule has 5 heteroatoms. The van der Waals surface area contributed by atoms with Gasteiger partial charge in [0.15, 0.2) is 0 Å². The van der Waals surface area contributed by atoms with Gasteiger partial charge in [-0.25, -0.2) is 0 Å². The molecule has 0 saturated heterocycles. The summed E-state index contributed by atoms with van der Waals surface area (Å²) in [6, 6.07) is 4.19. The van der Waals surface area contributed by atoms with E-state index in [1.807, 2.05) is 12.3 Å². The van der Waals surface area contributed by atoms with Crippen molar-refractivity contribution in [2.24, 2.45) is 0 Å². The molecule has 0 spiro atoms. The van der Waals surface area contributed by atoms with Crippen LogP contribution in [0.15, 0.2) is 24.5 Å². The number of nitrogens with zero attached hydrogens (tertiary/aromatic N) is 3. The maximum atomic E-state index is 4.25. The molecule has 1 N–H and O–H groups in total. The highest BCUT2D eigenvalue weighted by Gasteiger charge is 2.21. The number of hydrogen-bond acceptors (Lipinski definition) is 5. The monoisotopic (exact) mass is 262 g/mol. The molecule has 2 heterocycles. The van der Waals surface area contributed by atoms with Gasteiger partial charge in [-0.15, -0.1) is 5.10 Å². The van der Waals surface area contributed by atoms with E-state index in [0.29, 0.717) is 5.92 Å². The van der Waals surface area contributed by atoms with Crippen molar-refractivity contribution < 1.29 is 0 Å². The van der Waals surface area contributed by atoms with Crippen LogP contribution >= 0.6 is 11.5 Å². The molecule has 0 saturated carbocycles. The average molecular weight is 262 g/mol. The SMILES string of the molecule is CCNC(c1cccnc1)c1snnc1C(C)C. The maximum Gasteiger partial charge on any atom is 0.0832 e. The third-order valence-corrected chi connectivity index (χ3v) is 3.58. The Labute approximate surface area is 112 Å². The van der Waals surface area contributed by atoms with Gasteiger partial charge in [-0.05, 0) is 35.6 Å². The summed E-state index contributed by atoms with van der Waals surface area (Å²) in [5, 5.41) is 7.74. The quantitative estimate of drug-likeness (QED) is 0.900. The lowest BCUT2D eigenvalue weighted by Crippen LogP contribution is -2.22. The van der Waals surface area contributed by atoms with Crippen LogP contribution in [0.3, 0.4) is 0 Å². The summed E-state index contributed by atoms with van der Waals surface area (Å²) in [6.45, 7) is 7.29. The van der Waals surface area contributed by atoms with Crippen LogP contribution in [0.5, 0.6) is 0 Å². The fourth-order valence-electron chi connectivity index (χ4n) is 1.92. The molecule has 18 heavy (non-hydrogen) atoms. The molecule has 0 amide bonds. The number of pyridine rings is 1. The zero-order valence-electron chi connectivity index (χ0n) is 10.9. The molecule has 4 nitrogen and oxygen atoms in total. The molecular weight excluding hydrogens is 244 g/mol. The minimum Gasteiger partial charge on any atom is -0.306 e. The summed E-state index contributed by atoms with van der Waals surface area (Å²) in [7, 11) is 0. The standard InChI is InChI=1S/C13H18N4S/c1-4-15-12(10-6-5-7-14-8-10)13-11(9(2)3)16-17-18-13/h5-9,12,15H,4H2,1-3H3. The van der Waals surface area contributed by atoms with Gasteiger partial charge in [0.25, 0.3) is 0 Å². The van der Waals surface area contributed by atoms with E-state index in [1.54, 1.807) is 6.20 Å². The molecule has 0 aliphatic rings. The van der Waals surface area contributed by atoms with Gasteiger partial charge < -0.3 is 5.32 Å². The number of hydrogen-bond donors (Lipinski definition) is 1. The fourth-order valence-corrected chi connectivity index (χ4v) is 2.83. The molecule has 2 aromatic heterocycles. The smallest absolute Gasteiger partial charge is 0.0832 e. The van der Waals surface area contributed by atoms with Crippen LogP contribution in [0.2, 0.25) is 0 Å². The molecule has 0 radical (unpaired) electrons. The van der Waals surface area contributed by atoms with Crippen molar-refractivity contribution in [3.05, 3.63) is 40.7 Å². The minimum atomic E-state index is 0.140. The van der Waals surface area contributed by atoms with Crippen molar-refractivity contribution in [2.45, 2.75) is 32.7 Å². The summed E-state index contributed by atoms with van der Waals surface area (Å²) < 4.78 is 4.10. The molecule has 0 aromatic carbocycles. The van der Waals surface area contributed by atoms with E-state index in [0.717, 1.165) is 17.8 Å². The van der Waals surface area contributed by atoms with Crippen LogP contribution in [0.4, 0.5) is 0 Å². The Bertz CT molecular complexity index is 481. The number of nitrogens with one attached hydrogen (secondary N) is 1. The van der Waals surface area contributed by atoms with Crippen molar-refractivity contribution in [1.29, 1.82) is 0 Å². The lowest BCUT2D eigenvalue weighted by molar-refractivity contribution is 0.624. The van der Waals surface area contributed by atoms with Crippen molar-refractivity contribution in [2.75, 3.05) is 6.54 Å². The second-order valence-electron chi connectivity index (χ2n) is 4.45. The first-order chi connectivity index (χ1) is 8.74. The summed E-state index contributed by atoms with van der Waals surface area (Å²) in [6.07, 6.45) is 3.69. The molecule has 1 atom stereocenters. The number of aromatic nitrogens is 3. The van der Waals surface area contributed by atoms with Gasteiger partial charge in [0.2, 0.25) is 0 Å². The van der Waals surface area contributed by atoms with Crippen LogP contribution in [-0.4, -0.2) is 21.1 Å². The van der Waals surface area contributed by atoms with E-state index >= 15 is 0 Å². The van der Waals surface area contributed by atoms with Crippen LogP contribution < -0.4 is 5.32 Å². The topological polar surface area (TPSA) is 50.7 Å². The second-order valence-corrected chi connectivity index (χ2v) is 5.24. The first kappa shape index (κ1) is 13.1. The molecule has 0 aliphatic heterocycles. The molecule has 1 unspecified atom stereocenters. The Kier molecular flexibility index (Phi) is 4.38. The van der Waals surface area contributed by atoms with Gasteiger partial charge in [0.05, 0.1) is 16.6 Å². The highest BCUT2D eigenvalue weighted by molar-refractivity contribution is 7.05. The zero-order valence-corrected chi connectivity index (χ0v) is 11.7. The molecular formula is C13H18N4S. The third-order valence-electron chi connectivity index (χ3n) is 2.78. The van der Waals surface area contributed by atoms with Crippen LogP contribution in [-0.2, 0) is 0 Å². The van der Waals surface area contributed by atoms with Crippen LogP contribution in [0.1, 0.15) is 48.9 Å². The minimum absolute atomic E-state index is 0.140. The van der Waals surface area contributed by atoms with E-state index in [-0.39, 0.29) is 6.04 Å². The Morgan fingerprint density at radius 2 is 2.22 bits per heavy atom. The largest absolute Gasteiger partial charge is 0.306 e. The Morgan fingerprint density at radius 3 is 2.83 bits per heavy atom. The van der Waals surface area contributed by atoms with Gasteiger partial charge in [-0.3, -0.25) is 4.98 Å². The second kappa shape index (κ2) is 6.02. The molecule has 0 fully saturated rings. The first-order valence-corrected chi connectivity index (χ1v) is 6.96. The van der Waals surface area contributed by atoms with E-state index < -0.39 is 0 Å². The van der Waals surface area contributed by atoms with Gasteiger partial charge in [-0.1, -0.05) is 31.3 Å². The fraction of sp³-hybridized carbons (Fsp3) is 0.462. The van der Waals surface area contributed by atoms with Gasteiger partial charge in [0, 0.05) is 12.4 Å². The third kappa shape index (κ3) is 2.73. The average Bonchev–Trinajstić information content (AvgIpc) is 2.86. The van der Waals surface area contributed by atoms with E-state index in [1.165, 1.54) is 16.4 Å². The van der Waals surface area contributed by atoms with Crippen molar-refractivity contribution in [3.8, 4) is 0 Å². The molecule has 2 aromatic rings. The maximum absolute atomic E-state index is 4.25. The molecule has 0 aliphatic carbocycles. The van der Waals surface area contributed by atoms with Crippen LogP contribution in [0, 0.1) is 0 Å². The molecule has 2 rings (SSSR count). The summed E-state index contributed by atoms with van der Waals surface area (Å²) >= 11 is 1.47. The van der Waals surface area contributed by atoms with E-state index in [9.17, 15) is 0 Å². The van der Waals surface area contributed by atoms with E-state index in [4.69, 9.17) is 0 Å². The van der Waals surface area contributed by atoms with Crippen molar-refractivity contribution in [1.82, 2.24) is 19.9 Å². The highest BCUT2D eigenvalue weighted by Crippen LogP contribution is 2.30. The lowest BCUT2D eigenvalue weighted by Gasteiger charge is -2.18. The normalized spacial score (nSPS) is 12.9. The number of rotatable bonds is 5. The van der Waals surface area contributed by atoms with E-state index in [2.05, 4.69) is 46.7 Å². The molecule has 0 bridgehead atoms.